The molecule has 4 aliphatic carbocycles. The maximum atomic E-state index is 11.0. The molecule has 3 aromatic carbocycles. The van der Waals surface area contributed by atoms with Gasteiger partial charge in [0.1, 0.15) is 29.9 Å². The van der Waals surface area contributed by atoms with Crippen molar-refractivity contribution in [1.82, 2.24) is 0 Å². The van der Waals surface area contributed by atoms with Gasteiger partial charge in [-0.3, -0.25) is 0 Å². The summed E-state index contributed by atoms with van der Waals surface area (Å²) < 4.78 is 42.0. The van der Waals surface area contributed by atoms with Crippen LogP contribution in [0.4, 0.5) is 0 Å². The van der Waals surface area contributed by atoms with Crippen LogP contribution in [0.25, 0.3) is 0 Å². The molecule has 0 radical (unpaired) electrons. The van der Waals surface area contributed by atoms with E-state index in [1.165, 1.54) is 38.5 Å². The van der Waals surface area contributed by atoms with Crippen molar-refractivity contribution in [2.24, 2.45) is 34.5 Å². The molecular weight excluding hydrogens is 773 g/mol. The third-order valence-electron chi connectivity index (χ3n) is 15.3. The maximum Gasteiger partial charge on any atom is 0.332 e. The lowest BCUT2D eigenvalue weighted by Crippen LogP contribution is -2.63. The number of aliphatic hydroxyl groups is 1. The first-order valence-corrected chi connectivity index (χ1v) is 26.7. The molecule has 4 saturated carbocycles. The van der Waals surface area contributed by atoms with Crippen molar-refractivity contribution in [3.05, 3.63) is 108 Å². The molecule has 1 aliphatic heterocycles. The van der Waals surface area contributed by atoms with E-state index < -0.39 is 26.9 Å². The lowest BCUT2D eigenvalue weighted by atomic mass is 9.45. The molecule has 3 aromatic rings. The van der Waals surface area contributed by atoms with Crippen LogP contribution in [0, 0.1) is 34.5 Å². The summed E-state index contributed by atoms with van der Waals surface area (Å²) in [4.78, 5) is 0. The van der Waals surface area contributed by atoms with E-state index in [1.807, 2.05) is 30.3 Å². The topological polar surface area (TPSA) is 75.6 Å². The van der Waals surface area contributed by atoms with Gasteiger partial charge in [-0.15, -0.1) is 11.8 Å². The van der Waals surface area contributed by atoms with Gasteiger partial charge in [-0.2, -0.15) is 0 Å². The molecule has 0 spiro atoms. The Balaban J connectivity index is 1.00. The third-order valence-corrected chi connectivity index (χ3v) is 18.1. The second kappa shape index (κ2) is 19.1. The Morgan fingerprint density at radius 3 is 1.92 bits per heavy atom. The molecular formula is C50H70O7SSi. The van der Waals surface area contributed by atoms with Crippen LogP contribution >= 0.6 is 11.8 Å². The van der Waals surface area contributed by atoms with E-state index in [-0.39, 0.29) is 29.2 Å². The Hall–Kier alpha value is -2.05. The zero-order chi connectivity index (χ0) is 41.0. The Bertz CT molecular complexity index is 1750. The van der Waals surface area contributed by atoms with Crippen LogP contribution in [0.2, 0.25) is 13.1 Å². The van der Waals surface area contributed by atoms with Crippen molar-refractivity contribution in [2.75, 3.05) is 12.4 Å². The highest BCUT2D eigenvalue weighted by Gasteiger charge is 2.60. The number of benzene rings is 3. The van der Waals surface area contributed by atoms with E-state index in [1.54, 1.807) is 11.8 Å². The number of fused-ring (bicyclic) bond motifs is 5. The van der Waals surface area contributed by atoms with Crippen LogP contribution in [0.3, 0.4) is 0 Å². The average Bonchev–Trinajstić information content (AvgIpc) is 3.55. The predicted octanol–water partition coefficient (Wildman–Crippen LogP) is 10.7. The molecule has 8 rings (SSSR count). The largest absolute Gasteiger partial charge is 0.393 e. The van der Waals surface area contributed by atoms with Crippen molar-refractivity contribution in [1.29, 1.82) is 0 Å². The molecule has 0 unspecified atom stereocenters. The van der Waals surface area contributed by atoms with E-state index in [0.29, 0.717) is 43.7 Å². The minimum atomic E-state index is -2.75. The fourth-order valence-electron chi connectivity index (χ4n) is 12.3. The monoisotopic (exact) mass is 842 g/mol. The molecule has 5 fully saturated rings. The van der Waals surface area contributed by atoms with Crippen LogP contribution in [0.5, 0.6) is 0 Å². The zero-order valence-electron chi connectivity index (χ0n) is 36.2. The smallest absolute Gasteiger partial charge is 0.332 e. The molecule has 1 heterocycles. The summed E-state index contributed by atoms with van der Waals surface area (Å²) in [6.07, 6.45) is 9.05. The first-order valence-electron chi connectivity index (χ1n) is 22.8. The molecule has 5 aliphatic rings. The van der Waals surface area contributed by atoms with Crippen molar-refractivity contribution in [3.63, 3.8) is 0 Å². The van der Waals surface area contributed by atoms with E-state index in [9.17, 15) is 5.11 Å². The third kappa shape index (κ3) is 9.79. The summed E-state index contributed by atoms with van der Waals surface area (Å²) in [5.41, 5.74) is 3.52. The average molecular weight is 843 g/mol. The Labute approximate surface area is 359 Å². The van der Waals surface area contributed by atoms with Crippen molar-refractivity contribution >= 4 is 20.3 Å². The second-order valence-electron chi connectivity index (χ2n) is 19.3. The number of ether oxygens (including phenoxy) is 4. The van der Waals surface area contributed by atoms with Gasteiger partial charge in [0.2, 0.25) is 0 Å². The summed E-state index contributed by atoms with van der Waals surface area (Å²) >= 11 is 1.77. The second-order valence-corrected chi connectivity index (χ2v) is 24.0. The highest BCUT2D eigenvalue weighted by atomic mass is 32.2. The van der Waals surface area contributed by atoms with E-state index in [0.717, 1.165) is 53.5 Å². The van der Waals surface area contributed by atoms with Crippen molar-refractivity contribution in [2.45, 2.75) is 154 Å². The summed E-state index contributed by atoms with van der Waals surface area (Å²) in [6.45, 7) is 13.4. The van der Waals surface area contributed by atoms with Gasteiger partial charge in [0.15, 0.2) is 0 Å². The SMILES string of the molecule is CCS[C@@H]1O[C@H](COCc2ccccc2)[C@@H](OCc2ccccc2)[C@H](OCc2ccccc2)[C@H]1O[Si](C)(C)O[C@@H]1CC[C@@]2(C)[C@@H](CC[C@@H]3[C@@H]2CC[C@]2(C)[C@@H](O)CC[C@@H]32)C1. The summed E-state index contributed by atoms with van der Waals surface area (Å²) in [6, 6.07) is 31.0. The number of hydrogen-bond acceptors (Lipinski definition) is 8. The number of thioether (sulfide) groups is 1. The van der Waals surface area contributed by atoms with Gasteiger partial charge in [0, 0.05) is 6.10 Å². The standard InChI is InChI=1S/C50H70O7SSi/c1-6-58-48-47(57-59(4,5)56-39-26-28-49(2)38(30-39)22-23-40-41-24-25-44(51)50(41,3)29-27-42(40)49)46(54-33-37-20-14-9-15-21-37)45(53-32-36-18-12-8-13-19-36)43(55-48)34-52-31-35-16-10-7-11-17-35/h7-21,38-48,51H,6,22-34H2,1-5H3/t38-,39+,40-,41-,42-,43+,44-,45+,46-,47+,48-,49-,50-/m0/s1. The Morgan fingerprint density at radius 1 is 0.678 bits per heavy atom. The van der Waals surface area contributed by atoms with Crippen LogP contribution in [-0.2, 0) is 47.6 Å². The first-order chi connectivity index (χ1) is 28.6. The van der Waals surface area contributed by atoms with Gasteiger partial charge in [-0.05, 0) is 128 Å². The number of rotatable bonds is 16. The minimum absolute atomic E-state index is 0.118. The maximum absolute atomic E-state index is 11.0. The van der Waals surface area contributed by atoms with Gasteiger partial charge < -0.3 is 32.9 Å². The van der Waals surface area contributed by atoms with Crippen LogP contribution in [0.15, 0.2) is 91.0 Å². The molecule has 7 nitrogen and oxygen atoms in total. The lowest BCUT2D eigenvalue weighted by molar-refractivity contribution is -0.242. The highest BCUT2D eigenvalue weighted by Crippen LogP contribution is 2.66. The van der Waals surface area contributed by atoms with Gasteiger partial charge >= 0.3 is 8.56 Å². The molecule has 1 N–H and O–H groups in total. The molecule has 1 saturated heterocycles. The fraction of sp³-hybridized carbons (Fsp3) is 0.640. The quantitative estimate of drug-likeness (QED) is 0.143. The molecule has 0 bridgehead atoms. The molecule has 9 heteroatoms. The van der Waals surface area contributed by atoms with E-state index >= 15 is 0 Å². The van der Waals surface area contributed by atoms with Gasteiger partial charge in [-0.1, -0.05) is 112 Å². The van der Waals surface area contributed by atoms with Crippen molar-refractivity contribution < 1.29 is 32.9 Å². The van der Waals surface area contributed by atoms with E-state index in [4.69, 9.17) is 27.8 Å². The van der Waals surface area contributed by atoms with Crippen molar-refractivity contribution in [3.8, 4) is 0 Å². The molecule has 0 amide bonds. The van der Waals surface area contributed by atoms with Crippen LogP contribution in [0.1, 0.15) is 95.2 Å². The van der Waals surface area contributed by atoms with E-state index in [2.05, 4.69) is 94.5 Å². The van der Waals surface area contributed by atoms with Crippen LogP contribution < -0.4 is 0 Å². The van der Waals surface area contributed by atoms with Gasteiger partial charge in [0.25, 0.3) is 0 Å². The first kappa shape index (κ1) is 43.6. The van der Waals surface area contributed by atoms with Gasteiger partial charge in [0.05, 0.1) is 32.5 Å². The lowest BCUT2D eigenvalue weighted by Gasteiger charge is -2.61. The Morgan fingerprint density at radius 2 is 1.27 bits per heavy atom. The normalized spacial score (nSPS) is 37.0. The number of aliphatic hydroxyl groups excluding tert-OH is 1. The number of hydrogen-bond donors (Lipinski definition) is 1. The minimum Gasteiger partial charge on any atom is -0.393 e. The van der Waals surface area contributed by atoms with Crippen LogP contribution in [-0.4, -0.2) is 68.1 Å². The molecule has 59 heavy (non-hydrogen) atoms. The summed E-state index contributed by atoms with van der Waals surface area (Å²) in [5, 5.41) is 11.0. The predicted molar refractivity (Wildman–Crippen MR) is 238 cm³/mol. The molecule has 322 valence electrons. The molecule has 0 aromatic heterocycles. The Kier molecular flexibility index (Phi) is 14.1. The molecule has 13 atom stereocenters. The summed E-state index contributed by atoms with van der Waals surface area (Å²) in [5.74, 6) is 3.74. The zero-order valence-corrected chi connectivity index (χ0v) is 38.0. The van der Waals surface area contributed by atoms with Gasteiger partial charge in [-0.25, -0.2) is 0 Å². The highest BCUT2D eigenvalue weighted by molar-refractivity contribution is 7.99. The summed E-state index contributed by atoms with van der Waals surface area (Å²) in [7, 11) is -2.75. The fourth-order valence-corrected chi connectivity index (χ4v) is 15.3.